The second-order valence-corrected chi connectivity index (χ2v) is 4.65. The van der Waals surface area contributed by atoms with Crippen molar-refractivity contribution >= 4 is 28.7 Å². The zero-order chi connectivity index (χ0) is 13.9. The fourth-order valence-electron chi connectivity index (χ4n) is 1.77. The third kappa shape index (κ3) is 2.48. The van der Waals surface area contributed by atoms with Gasteiger partial charge in [-0.25, -0.2) is 4.39 Å². The predicted molar refractivity (Wildman–Crippen MR) is 72.8 cm³/mol. The van der Waals surface area contributed by atoms with E-state index in [1.807, 2.05) is 18.2 Å². The van der Waals surface area contributed by atoms with Gasteiger partial charge in [0.25, 0.3) is 5.91 Å². The van der Waals surface area contributed by atoms with Crippen LogP contribution in [-0.2, 0) is 6.54 Å². The van der Waals surface area contributed by atoms with Crippen LogP contribution in [0, 0.1) is 5.82 Å². The van der Waals surface area contributed by atoms with Crippen molar-refractivity contribution in [2.24, 2.45) is 0 Å². The maximum Gasteiger partial charge on any atom is 0.254 e. The number of halogens is 1. The molecule has 0 aliphatic carbocycles. The third-order valence-electron chi connectivity index (χ3n) is 2.79. The van der Waals surface area contributed by atoms with E-state index in [0.29, 0.717) is 6.54 Å². The third-order valence-corrected chi connectivity index (χ3v) is 3.35. The number of pyridine rings is 1. The van der Waals surface area contributed by atoms with E-state index < -0.39 is 11.7 Å². The van der Waals surface area contributed by atoms with E-state index >= 15 is 0 Å². The van der Waals surface area contributed by atoms with Crippen molar-refractivity contribution in [1.29, 1.82) is 0 Å². The number of hydrogen-bond acceptors (Lipinski definition) is 5. The van der Waals surface area contributed by atoms with Crippen molar-refractivity contribution in [2.75, 3.05) is 0 Å². The molecule has 1 aromatic carbocycles. The Morgan fingerprint density at radius 2 is 2.10 bits per heavy atom. The predicted octanol–water partition coefficient (Wildman–Crippen LogP) is 2.16. The molecule has 0 aliphatic rings. The van der Waals surface area contributed by atoms with Crippen molar-refractivity contribution < 1.29 is 9.18 Å². The van der Waals surface area contributed by atoms with E-state index in [1.165, 1.54) is 12.3 Å². The Kier molecular flexibility index (Phi) is 3.34. The lowest BCUT2D eigenvalue weighted by molar-refractivity contribution is 0.0946. The van der Waals surface area contributed by atoms with Crippen molar-refractivity contribution in [2.45, 2.75) is 6.54 Å². The van der Waals surface area contributed by atoms with Crippen LogP contribution in [0.2, 0.25) is 0 Å². The van der Waals surface area contributed by atoms with Gasteiger partial charge in [-0.2, -0.15) is 8.75 Å². The maximum atomic E-state index is 13.4. The first-order valence-corrected chi connectivity index (χ1v) is 6.56. The summed E-state index contributed by atoms with van der Waals surface area (Å²) >= 11 is 1.14. The first kappa shape index (κ1) is 12.6. The van der Waals surface area contributed by atoms with Gasteiger partial charge in [0.2, 0.25) is 0 Å². The molecule has 0 saturated carbocycles. The number of aromatic nitrogens is 3. The summed E-state index contributed by atoms with van der Waals surface area (Å²) < 4.78 is 21.6. The fourth-order valence-corrected chi connectivity index (χ4v) is 2.29. The van der Waals surface area contributed by atoms with E-state index in [0.717, 1.165) is 34.5 Å². The minimum Gasteiger partial charge on any atom is -0.348 e. The average Bonchev–Trinajstić information content (AvgIpc) is 2.92. The van der Waals surface area contributed by atoms with Gasteiger partial charge in [-0.3, -0.25) is 9.78 Å². The summed E-state index contributed by atoms with van der Waals surface area (Å²) in [6.45, 7) is 0.300. The highest BCUT2D eigenvalue weighted by Crippen LogP contribution is 2.13. The SMILES string of the molecule is O=C(NCc1ccc2nsnc2c1)c1ccncc1F. The molecular formula is C13H9FN4OS. The molecule has 1 N–H and O–H groups in total. The summed E-state index contributed by atoms with van der Waals surface area (Å²) in [5.74, 6) is -1.11. The van der Waals surface area contributed by atoms with Crippen LogP contribution >= 0.6 is 11.7 Å². The number of fused-ring (bicyclic) bond motifs is 1. The number of nitrogens with zero attached hydrogens (tertiary/aromatic N) is 3. The molecule has 0 spiro atoms. The summed E-state index contributed by atoms with van der Waals surface area (Å²) in [6.07, 6.45) is 2.40. The molecule has 2 aromatic heterocycles. The molecule has 2 heterocycles. The zero-order valence-electron chi connectivity index (χ0n) is 10.2. The molecule has 20 heavy (non-hydrogen) atoms. The minimum absolute atomic E-state index is 0.0172. The van der Waals surface area contributed by atoms with Gasteiger partial charge in [0.15, 0.2) is 5.82 Å². The number of benzene rings is 1. The Morgan fingerprint density at radius 3 is 2.95 bits per heavy atom. The highest BCUT2D eigenvalue weighted by molar-refractivity contribution is 7.00. The first-order valence-electron chi connectivity index (χ1n) is 5.83. The van der Waals surface area contributed by atoms with Gasteiger partial charge in [0.1, 0.15) is 11.0 Å². The Balaban J connectivity index is 1.73. The quantitative estimate of drug-likeness (QED) is 0.802. The minimum atomic E-state index is -0.635. The summed E-state index contributed by atoms with van der Waals surface area (Å²) in [4.78, 5) is 15.5. The van der Waals surface area contributed by atoms with Gasteiger partial charge in [0, 0.05) is 12.7 Å². The van der Waals surface area contributed by atoms with Crippen LogP contribution in [0.25, 0.3) is 11.0 Å². The second kappa shape index (κ2) is 5.30. The van der Waals surface area contributed by atoms with Gasteiger partial charge in [-0.15, -0.1) is 0 Å². The molecular weight excluding hydrogens is 279 g/mol. The molecule has 5 nitrogen and oxygen atoms in total. The van der Waals surface area contributed by atoms with E-state index in [1.54, 1.807) is 0 Å². The van der Waals surface area contributed by atoms with E-state index in [4.69, 9.17) is 0 Å². The molecule has 100 valence electrons. The molecule has 0 bridgehead atoms. The highest BCUT2D eigenvalue weighted by Gasteiger charge is 2.11. The van der Waals surface area contributed by atoms with Gasteiger partial charge in [-0.1, -0.05) is 6.07 Å². The summed E-state index contributed by atoms with van der Waals surface area (Å²) in [7, 11) is 0. The fraction of sp³-hybridized carbons (Fsp3) is 0.0769. The largest absolute Gasteiger partial charge is 0.348 e. The molecule has 0 fully saturated rings. The normalized spacial score (nSPS) is 10.7. The van der Waals surface area contributed by atoms with Crippen LogP contribution in [-0.4, -0.2) is 19.6 Å². The van der Waals surface area contributed by atoms with Crippen molar-refractivity contribution in [1.82, 2.24) is 19.0 Å². The molecule has 0 atom stereocenters. The molecule has 0 unspecified atom stereocenters. The Bertz CT molecular complexity index is 774. The van der Waals surface area contributed by atoms with E-state index in [-0.39, 0.29) is 5.56 Å². The second-order valence-electron chi connectivity index (χ2n) is 4.13. The van der Waals surface area contributed by atoms with E-state index in [9.17, 15) is 9.18 Å². The van der Waals surface area contributed by atoms with Gasteiger partial charge in [-0.05, 0) is 23.8 Å². The molecule has 0 saturated heterocycles. The first-order chi connectivity index (χ1) is 9.74. The standard InChI is InChI=1S/C13H9FN4OS/c14-10-7-15-4-3-9(10)13(19)16-6-8-1-2-11-12(5-8)18-20-17-11/h1-5,7H,6H2,(H,16,19). The van der Waals surface area contributed by atoms with Crippen LogP contribution in [0.5, 0.6) is 0 Å². The average molecular weight is 288 g/mol. The topological polar surface area (TPSA) is 67.8 Å². The lowest BCUT2D eigenvalue weighted by Crippen LogP contribution is -2.23. The summed E-state index contributed by atoms with van der Waals surface area (Å²) in [5, 5.41) is 2.66. The van der Waals surface area contributed by atoms with Crippen molar-refractivity contribution in [3.05, 3.63) is 53.6 Å². The van der Waals surface area contributed by atoms with Crippen molar-refractivity contribution in [3.63, 3.8) is 0 Å². The van der Waals surface area contributed by atoms with Crippen LogP contribution in [0.3, 0.4) is 0 Å². The smallest absolute Gasteiger partial charge is 0.254 e. The summed E-state index contributed by atoms with van der Waals surface area (Å²) in [6, 6.07) is 6.89. The molecule has 3 aromatic rings. The van der Waals surface area contributed by atoms with Crippen LogP contribution in [0.15, 0.2) is 36.7 Å². The van der Waals surface area contributed by atoms with Gasteiger partial charge in [0.05, 0.1) is 23.5 Å². The van der Waals surface area contributed by atoms with E-state index in [2.05, 4.69) is 19.0 Å². The Morgan fingerprint density at radius 1 is 1.25 bits per heavy atom. The number of hydrogen-bond donors (Lipinski definition) is 1. The van der Waals surface area contributed by atoms with Crippen LogP contribution < -0.4 is 5.32 Å². The lowest BCUT2D eigenvalue weighted by Gasteiger charge is -2.05. The maximum absolute atomic E-state index is 13.4. The number of nitrogens with one attached hydrogen (secondary N) is 1. The number of carbonyl (C=O) groups excluding carboxylic acids is 1. The molecule has 7 heteroatoms. The van der Waals surface area contributed by atoms with Crippen LogP contribution in [0.1, 0.15) is 15.9 Å². The molecule has 1 amide bonds. The lowest BCUT2D eigenvalue weighted by atomic mass is 10.2. The molecule has 3 rings (SSSR count). The van der Waals surface area contributed by atoms with Crippen molar-refractivity contribution in [3.8, 4) is 0 Å². The Labute approximate surface area is 117 Å². The zero-order valence-corrected chi connectivity index (χ0v) is 11.0. The number of rotatable bonds is 3. The van der Waals surface area contributed by atoms with Gasteiger partial charge < -0.3 is 5.32 Å². The molecule has 0 radical (unpaired) electrons. The number of carbonyl (C=O) groups is 1. The van der Waals surface area contributed by atoms with Crippen LogP contribution in [0.4, 0.5) is 4.39 Å². The Hall–Kier alpha value is -2.41. The monoisotopic (exact) mass is 288 g/mol. The summed E-state index contributed by atoms with van der Waals surface area (Å²) in [5.41, 5.74) is 2.48. The number of amides is 1. The van der Waals surface area contributed by atoms with Gasteiger partial charge >= 0.3 is 0 Å². The molecule has 0 aliphatic heterocycles. The highest BCUT2D eigenvalue weighted by atomic mass is 32.1.